The van der Waals surface area contributed by atoms with Gasteiger partial charge in [-0.3, -0.25) is 9.59 Å². The molecule has 0 fully saturated rings. The maximum atomic E-state index is 12.5. The monoisotopic (exact) mass is 381 g/mol. The summed E-state index contributed by atoms with van der Waals surface area (Å²) in [5.41, 5.74) is 0.110. The summed E-state index contributed by atoms with van der Waals surface area (Å²) in [5, 5.41) is 2.29. The van der Waals surface area contributed by atoms with Crippen LogP contribution in [-0.4, -0.2) is 31.6 Å². The van der Waals surface area contributed by atoms with E-state index in [9.17, 15) is 22.8 Å². The number of amides is 1. The highest BCUT2D eigenvalue weighted by Gasteiger charge is 2.30. The zero-order valence-corrected chi connectivity index (χ0v) is 14.5. The molecule has 0 saturated heterocycles. The van der Waals surface area contributed by atoms with Crippen molar-refractivity contribution in [2.75, 3.05) is 19.8 Å². The Labute approximate surface area is 154 Å². The average molecular weight is 381 g/mol. The molecule has 0 aliphatic rings. The minimum absolute atomic E-state index is 0.00329. The first kappa shape index (κ1) is 20.3. The third-order valence-electron chi connectivity index (χ3n) is 3.57. The Hall–Kier alpha value is -3.03. The molecule has 0 aliphatic heterocycles. The van der Waals surface area contributed by atoms with Crippen molar-refractivity contribution >= 4 is 11.9 Å². The molecule has 0 saturated carbocycles. The number of para-hydroxylation sites is 1. The largest absolute Gasteiger partial charge is 0.490 e. The number of rotatable bonds is 7. The molecule has 0 atom stereocenters. The number of carbonyl (C=O) groups is 2. The van der Waals surface area contributed by atoms with Crippen LogP contribution >= 0.6 is 0 Å². The maximum Gasteiger partial charge on any atom is 0.416 e. The summed E-state index contributed by atoms with van der Waals surface area (Å²) >= 11 is 0. The molecule has 2 rings (SSSR count). The van der Waals surface area contributed by atoms with Crippen molar-refractivity contribution in [2.24, 2.45) is 0 Å². The summed E-state index contributed by atoms with van der Waals surface area (Å²) in [7, 11) is 0. The number of carbonyl (C=O) groups excluding carboxylic acids is 2. The lowest BCUT2D eigenvalue weighted by Gasteiger charge is -2.10. The first-order chi connectivity index (χ1) is 12.8. The van der Waals surface area contributed by atoms with Crippen molar-refractivity contribution in [3.05, 3.63) is 65.2 Å². The Morgan fingerprint density at radius 2 is 1.67 bits per heavy atom. The predicted octanol–water partition coefficient (Wildman–Crippen LogP) is 3.37. The molecular formula is C19H18F3NO4. The Morgan fingerprint density at radius 3 is 2.30 bits per heavy atom. The van der Waals surface area contributed by atoms with Gasteiger partial charge in [0.05, 0.1) is 5.56 Å². The van der Waals surface area contributed by atoms with Crippen molar-refractivity contribution in [3.8, 4) is 5.75 Å². The van der Waals surface area contributed by atoms with E-state index in [0.717, 1.165) is 29.8 Å². The second kappa shape index (κ2) is 9.07. The lowest BCUT2D eigenvalue weighted by molar-refractivity contribution is -0.143. The number of hydrogen-bond donors (Lipinski definition) is 1. The third-order valence-corrected chi connectivity index (χ3v) is 3.57. The highest BCUT2D eigenvalue weighted by molar-refractivity contribution is 5.95. The van der Waals surface area contributed by atoms with Gasteiger partial charge in [-0.25, -0.2) is 0 Å². The van der Waals surface area contributed by atoms with E-state index in [1.165, 1.54) is 0 Å². The highest BCUT2D eigenvalue weighted by atomic mass is 19.4. The Balaban J connectivity index is 1.70. The van der Waals surface area contributed by atoms with Crippen molar-refractivity contribution in [1.29, 1.82) is 0 Å². The lowest BCUT2D eigenvalue weighted by Crippen LogP contribution is -2.31. The van der Waals surface area contributed by atoms with E-state index in [0.29, 0.717) is 5.75 Å². The molecule has 1 amide bonds. The zero-order chi connectivity index (χ0) is 19.9. The molecular weight excluding hydrogens is 363 g/mol. The number of ether oxygens (including phenoxy) is 2. The van der Waals surface area contributed by atoms with Crippen LogP contribution in [0.2, 0.25) is 0 Å². The molecule has 0 aliphatic carbocycles. The van der Waals surface area contributed by atoms with E-state index in [1.807, 2.05) is 25.1 Å². The number of benzene rings is 2. The van der Waals surface area contributed by atoms with Gasteiger partial charge in [0, 0.05) is 5.56 Å². The van der Waals surface area contributed by atoms with E-state index in [1.54, 1.807) is 6.07 Å². The molecule has 5 nitrogen and oxygen atoms in total. The summed E-state index contributed by atoms with van der Waals surface area (Å²) in [6.45, 7) is 1.65. The van der Waals surface area contributed by atoms with Gasteiger partial charge in [0.25, 0.3) is 5.91 Å². The zero-order valence-electron chi connectivity index (χ0n) is 14.5. The quantitative estimate of drug-likeness (QED) is 0.590. The summed E-state index contributed by atoms with van der Waals surface area (Å²) < 4.78 is 47.8. The van der Waals surface area contributed by atoms with Gasteiger partial charge in [-0.1, -0.05) is 18.2 Å². The van der Waals surface area contributed by atoms with Crippen LogP contribution in [0.15, 0.2) is 48.5 Å². The summed E-state index contributed by atoms with van der Waals surface area (Å²) in [6.07, 6.45) is -4.47. The molecule has 0 bridgehead atoms. The molecule has 0 radical (unpaired) electrons. The molecule has 0 spiro atoms. The van der Waals surface area contributed by atoms with Crippen LogP contribution in [0.4, 0.5) is 13.2 Å². The number of aryl methyl sites for hydroxylation is 1. The van der Waals surface area contributed by atoms with Crippen LogP contribution < -0.4 is 10.1 Å². The number of hydrogen-bond acceptors (Lipinski definition) is 4. The fraction of sp³-hybridized carbons (Fsp3) is 0.263. The first-order valence-electron chi connectivity index (χ1n) is 8.07. The fourth-order valence-corrected chi connectivity index (χ4v) is 2.14. The number of alkyl halides is 3. The minimum atomic E-state index is -4.47. The topological polar surface area (TPSA) is 64.6 Å². The van der Waals surface area contributed by atoms with Gasteiger partial charge < -0.3 is 14.8 Å². The van der Waals surface area contributed by atoms with Gasteiger partial charge in [0.1, 0.15) is 25.5 Å². The van der Waals surface area contributed by atoms with Crippen molar-refractivity contribution in [1.82, 2.24) is 5.32 Å². The van der Waals surface area contributed by atoms with Gasteiger partial charge in [-0.15, -0.1) is 0 Å². The summed E-state index contributed by atoms with van der Waals surface area (Å²) in [5.74, 6) is -0.662. The number of halogens is 3. The third kappa shape index (κ3) is 6.32. The van der Waals surface area contributed by atoms with Gasteiger partial charge in [0.2, 0.25) is 0 Å². The molecule has 2 aromatic carbocycles. The summed E-state index contributed by atoms with van der Waals surface area (Å²) in [4.78, 5) is 23.4. The molecule has 1 N–H and O–H groups in total. The van der Waals surface area contributed by atoms with Crippen LogP contribution in [-0.2, 0) is 15.7 Å². The van der Waals surface area contributed by atoms with Crippen LogP contribution in [0.1, 0.15) is 21.5 Å². The maximum absolute atomic E-state index is 12.5. The normalized spacial score (nSPS) is 11.0. The van der Waals surface area contributed by atoms with E-state index in [-0.39, 0.29) is 18.8 Å². The summed E-state index contributed by atoms with van der Waals surface area (Å²) in [6, 6.07) is 11.1. The molecule has 27 heavy (non-hydrogen) atoms. The first-order valence-corrected chi connectivity index (χ1v) is 8.07. The van der Waals surface area contributed by atoms with E-state index in [4.69, 9.17) is 9.47 Å². The van der Waals surface area contributed by atoms with E-state index < -0.39 is 30.2 Å². The van der Waals surface area contributed by atoms with E-state index >= 15 is 0 Å². The Kier molecular flexibility index (Phi) is 6.81. The lowest BCUT2D eigenvalue weighted by atomic mass is 10.1. The second-order valence-corrected chi connectivity index (χ2v) is 5.59. The number of nitrogens with one attached hydrogen (secondary N) is 1. The molecule has 2 aromatic rings. The van der Waals surface area contributed by atoms with Crippen LogP contribution in [0.25, 0.3) is 0 Å². The number of esters is 1. The molecule has 0 heterocycles. The second-order valence-electron chi connectivity index (χ2n) is 5.59. The molecule has 0 aromatic heterocycles. The van der Waals surface area contributed by atoms with E-state index in [2.05, 4.69) is 5.32 Å². The minimum Gasteiger partial charge on any atom is -0.490 e. The van der Waals surface area contributed by atoms with Gasteiger partial charge in [-0.2, -0.15) is 13.2 Å². The molecule has 0 unspecified atom stereocenters. The average Bonchev–Trinajstić information content (AvgIpc) is 2.64. The molecule has 8 heteroatoms. The fourth-order valence-electron chi connectivity index (χ4n) is 2.14. The Morgan fingerprint density at radius 1 is 1.00 bits per heavy atom. The highest BCUT2D eigenvalue weighted by Crippen LogP contribution is 2.29. The van der Waals surface area contributed by atoms with Crippen LogP contribution in [0.5, 0.6) is 5.75 Å². The van der Waals surface area contributed by atoms with Crippen LogP contribution in [0, 0.1) is 6.92 Å². The standard InChI is InChI=1S/C19H18F3NO4/c1-13-4-2-3-5-16(13)26-10-11-27-17(24)12-23-18(25)14-6-8-15(9-7-14)19(20,21)22/h2-9H,10-12H2,1H3,(H,23,25). The van der Waals surface area contributed by atoms with Crippen LogP contribution in [0.3, 0.4) is 0 Å². The van der Waals surface area contributed by atoms with Gasteiger partial charge in [0.15, 0.2) is 0 Å². The van der Waals surface area contributed by atoms with Crippen molar-refractivity contribution < 1.29 is 32.2 Å². The van der Waals surface area contributed by atoms with Crippen molar-refractivity contribution in [3.63, 3.8) is 0 Å². The SMILES string of the molecule is Cc1ccccc1OCCOC(=O)CNC(=O)c1ccc(C(F)(F)F)cc1. The van der Waals surface area contributed by atoms with Gasteiger partial charge >= 0.3 is 12.1 Å². The smallest absolute Gasteiger partial charge is 0.416 e. The van der Waals surface area contributed by atoms with Gasteiger partial charge in [-0.05, 0) is 42.8 Å². The molecule has 144 valence electrons. The predicted molar refractivity (Wildman–Crippen MR) is 91.4 cm³/mol. The van der Waals surface area contributed by atoms with Crippen molar-refractivity contribution in [2.45, 2.75) is 13.1 Å². The Bertz CT molecular complexity index is 788.